The molecule has 0 radical (unpaired) electrons. The molecule has 0 spiro atoms. The maximum atomic E-state index is 7.76. The Bertz CT molecular complexity index is 695. The molecule has 1 heterocycles. The monoisotopic (exact) mass is 381 g/mol. The van der Waals surface area contributed by atoms with Crippen LogP contribution >= 0.6 is 28.6 Å². The van der Waals surface area contributed by atoms with Crippen LogP contribution < -0.4 is 15.8 Å². The highest BCUT2D eigenvalue weighted by Gasteiger charge is 2.14. The lowest BCUT2D eigenvalue weighted by molar-refractivity contribution is 0.319. The van der Waals surface area contributed by atoms with E-state index in [9.17, 15) is 0 Å². The Balaban J connectivity index is 2.40. The van der Waals surface area contributed by atoms with Crippen molar-refractivity contribution in [2.75, 3.05) is 17.7 Å². The molecule has 0 aliphatic carbocycles. The van der Waals surface area contributed by atoms with E-state index in [0.29, 0.717) is 29.4 Å². The lowest BCUT2D eigenvalue weighted by Gasteiger charge is -2.15. The Labute approximate surface area is 142 Å². The summed E-state index contributed by atoms with van der Waals surface area (Å²) in [4.78, 5) is 8.84. The first-order valence-electron chi connectivity index (χ1n) is 6.60. The summed E-state index contributed by atoms with van der Waals surface area (Å²) in [6.07, 6.45) is 2.24. The van der Waals surface area contributed by atoms with Crippen LogP contribution in [0.4, 0.5) is 17.3 Å². The summed E-state index contributed by atoms with van der Waals surface area (Å²) in [5, 5.41) is 10.9. The Hall–Kier alpha value is -1.80. The number of hydrogen-bond donors (Lipinski definition) is 4. The minimum Gasteiger partial charge on any atom is -0.491 e. The Morgan fingerprint density at radius 2 is 2.23 bits per heavy atom. The zero-order valence-electron chi connectivity index (χ0n) is 11.9. The van der Waals surface area contributed by atoms with Crippen LogP contribution in [0.15, 0.2) is 29.4 Å². The van der Waals surface area contributed by atoms with Crippen LogP contribution in [0, 0.1) is 5.41 Å². The smallest absolute Gasteiger partial charge is 0.146 e. The second-order valence-corrected chi connectivity index (χ2v) is 5.76. The number of aromatic nitrogens is 2. The summed E-state index contributed by atoms with van der Waals surface area (Å²) < 4.78 is 5.81. The van der Waals surface area contributed by atoms with Crippen LogP contribution in [-0.4, -0.2) is 21.2 Å². The topological polar surface area (TPSA) is 96.9 Å². The van der Waals surface area contributed by atoms with Gasteiger partial charge in [-0.05, 0) is 40.5 Å². The standard InChI is InChI=1S/C14H16BrN5OS/c1-2-5-21-10-4-3-8(22)6-9(10)20-14-11(12(15)16)13(17)18-7-19-14/h3-4,6-7,16,22H,2,5H2,1H3,(H3,17,18,19,20). The predicted molar refractivity (Wildman–Crippen MR) is 95.0 cm³/mol. The van der Waals surface area contributed by atoms with Crippen molar-refractivity contribution in [2.45, 2.75) is 18.2 Å². The predicted octanol–water partition coefficient (Wildman–Crippen LogP) is 3.60. The molecule has 4 N–H and O–H groups in total. The average Bonchev–Trinajstić information content (AvgIpc) is 2.46. The third kappa shape index (κ3) is 3.89. The van der Waals surface area contributed by atoms with Crippen molar-refractivity contribution < 1.29 is 4.74 Å². The van der Waals surface area contributed by atoms with E-state index in [1.165, 1.54) is 6.33 Å². The molecule has 0 amide bonds. The largest absolute Gasteiger partial charge is 0.491 e. The van der Waals surface area contributed by atoms with Crippen LogP contribution in [0.1, 0.15) is 18.9 Å². The number of nitrogen functional groups attached to an aromatic ring is 1. The number of halogens is 1. The van der Waals surface area contributed by atoms with Gasteiger partial charge in [-0.1, -0.05) is 6.92 Å². The third-order valence-corrected chi connectivity index (χ3v) is 3.45. The second kappa shape index (κ2) is 7.46. The molecule has 1 aromatic heterocycles. The highest BCUT2D eigenvalue weighted by molar-refractivity contribution is 9.18. The van der Waals surface area contributed by atoms with Gasteiger partial charge in [0.25, 0.3) is 0 Å². The molecule has 0 saturated heterocycles. The zero-order valence-corrected chi connectivity index (χ0v) is 14.4. The first-order chi connectivity index (χ1) is 10.5. The second-order valence-electron chi connectivity index (χ2n) is 4.45. The Morgan fingerprint density at radius 3 is 2.91 bits per heavy atom. The number of nitrogens with zero attached hydrogens (tertiary/aromatic N) is 2. The molecule has 2 rings (SSSR count). The SMILES string of the molecule is CCCOc1ccc(S)cc1Nc1ncnc(N)c1C(=N)Br. The van der Waals surface area contributed by atoms with Gasteiger partial charge in [-0.15, -0.1) is 12.6 Å². The zero-order chi connectivity index (χ0) is 16.1. The normalized spacial score (nSPS) is 10.3. The Kier molecular flexibility index (Phi) is 5.62. The van der Waals surface area contributed by atoms with Crippen molar-refractivity contribution in [3.8, 4) is 5.75 Å². The van der Waals surface area contributed by atoms with Gasteiger partial charge in [-0.3, -0.25) is 5.41 Å². The number of thiol groups is 1. The van der Waals surface area contributed by atoms with Crippen molar-refractivity contribution >= 4 is 50.5 Å². The van der Waals surface area contributed by atoms with E-state index < -0.39 is 0 Å². The van der Waals surface area contributed by atoms with Crippen LogP contribution in [-0.2, 0) is 0 Å². The molecule has 6 nitrogen and oxygen atoms in total. The number of ether oxygens (including phenoxy) is 1. The lowest BCUT2D eigenvalue weighted by Crippen LogP contribution is -2.08. The van der Waals surface area contributed by atoms with E-state index >= 15 is 0 Å². The average molecular weight is 382 g/mol. The molecular formula is C14H16BrN5OS. The van der Waals surface area contributed by atoms with Gasteiger partial charge in [0.2, 0.25) is 0 Å². The maximum absolute atomic E-state index is 7.76. The fourth-order valence-electron chi connectivity index (χ4n) is 1.79. The molecule has 0 bridgehead atoms. The number of hydrogen-bond acceptors (Lipinski definition) is 7. The molecule has 8 heteroatoms. The summed E-state index contributed by atoms with van der Waals surface area (Å²) >= 11 is 7.45. The van der Waals surface area contributed by atoms with E-state index in [4.69, 9.17) is 15.9 Å². The summed E-state index contributed by atoms with van der Waals surface area (Å²) in [5.41, 5.74) is 6.92. The number of nitrogens with two attached hydrogens (primary N) is 1. The first-order valence-corrected chi connectivity index (χ1v) is 7.84. The van der Waals surface area contributed by atoms with Gasteiger partial charge in [0.05, 0.1) is 17.9 Å². The minimum atomic E-state index is 0.103. The van der Waals surface area contributed by atoms with Gasteiger partial charge >= 0.3 is 0 Å². The molecule has 0 aliphatic rings. The molecule has 22 heavy (non-hydrogen) atoms. The van der Waals surface area contributed by atoms with Gasteiger partial charge in [0.15, 0.2) is 0 Å². The van der Waals surface area contributed by atoms with Gasteiger partial charge in [-0.2, -0.15) is 0 Å². The molecule has 0 aliphatic heterocycles. The van der Waals surface area contributed by atoms with Crippen molar-refractivity contribution in [3.63, 3.8) is 0 Å². The molecule has 2 aromatic rings. The minimum absolute atomic E-state index is 0.103. The molecule has 0 saturated carbocycles. The summed E-state index contributed by atoms with van der Waals surface area (Å²) in [5.74, 6) is 1.33. The van der Waals surface area contributed by atoms with Gasteiger partial charge < -0.3 is 15.8 Å². The van der Waals surface area contributed by atoms with Gasteiger partial charge in [0, 0.05) is 4.90 Å². The fourth-order valence-corrected chi connectivity index (χ4v) is 2.39. The molecule has 0 fully saturated rings. The molecular weight excluding hydrogens is 366 g/mol. The van der Waals surface area contributed by atoms with Crippen LogP contribution in [0.25, 0.3) is 0 Å². The van der Waals surface area contributed by atoms with Crippen LogP contribution in [0.5, 0.6) is 5.75 Å². The molecule has 116 valence electrons. The number of nitrogens with one attached hydrogen (secondary N) is 2. The number of benzene rings is 1. The third-order valence-electron chi connectivity index (χ3n) is 2.77. The number of anilines is 3. The highest BCUT2D eigenvalue weighted by Crippen LogP contribution is 2.32. The van der Waals surface area contributed by atoms with Crippen molar-refractivity contribution in [3.05, 3.63) is 30.1 Å². The Morgan fingerprint density at radius 1 is 1.45 bits per heavy atom. The maximum Gasteiger partial charge on any atom is 0.146 e. The van der Waals surface area contributed by atoms with Crippen molar-refractivity contribution in [1.29, 1.82) is 5.41 Å². The van der Waals surface area contributed by atoms with E-state index in [1.54, 1.807) is 0 Å². The van der Waals surface area contributed by atoms with Crippen molar-refractivity contribution in [2.24, 2.45) is 0 Å². The van der Waals surface area contributed by atoms with Gasteiger partial charge in [-0.25, -0.2) is 9.97 Å². The van der Waals surface area contributed by atoms with Gasteiger partial charge in [0.1, 0.15) is 28.3 Å². The van der Waals surface area contributed by atoms with Crippen molar-refractivity contribution in [1.82, 2.24) is 9.97 Å². The molecule has 1 aromatic carbocycles. The fraction of sp³-hybridized carbons (Fsp3) is 0.214. The number of rotatable bonds is 6. The van der Waals surface area contributed by atoms with Crippen LogP contribution in [0.2, 0.25) is 0 Å². The molecule has 0 unspecified atom stereocenters. The first kappa shape index (κ1) is 16.6. The van der Waals surface area contributed by atoms with E-state index in [2.05, 4.69) is 43.8 Å². The quantitative estimate of drug-likeness (QED) is 0.452. The lowest BCUT2D eigenvalue weighted by atomic mass is 10.2. The van der Waals surface area contributed by atoms with E-state index in [-0.39, 0.29) is 10.4 Å². The summed E-state index contributed by atoms with van der Waals surface area (Å²) in [7, 11) is 0. The summed E-state index contributed by atoms with van der Waals surface area (Å²) in [6, 6.07) is 5.51. The van der Waals surface area contributed by atoms with E-state index in [0.717, 1.165) is 11.3 Å². The molecule has 0 atom stereocenters. The summed E-state index contributed by atoms with van der Waals surface area (Å²) in [6.45, 7) is 2.64. The highest BCUT2D eigenvalue weighted by atomic mass is 79.9. The van der Waals surface area contributed by atoms with E-state index in [1.807, 2.05) is 25.1 Å². The van der Waals surface area contributed by atoms with Crippen LogP contribution in [0.3, 0.4) is 0 Å².